The Hall–Kier alpha value is -3.06. The molecule has 0 radical (unpaired) electrons. The smallest absolute Gasteiger partial charge is 0.336 e. The van der Waals surface area contributed by atoms with Gasteiger partial charge in [0.2, 0.25) is 0 Å². The first-order chi connectivity index (χ1) is 14.9. The lowest BCUT2D eigenvalue weighted by Crippen LogP contribution is -2.41. The number of ketones is 1. The number of phenolic OH excluding ortho intramolecular Hbond substituents is 1. The van der Waals surface area contributed by atoms with E-state index in [9.17, 15) is 14.7 Å². The summed E-state index contributed by atoms with van der Waals surface area (Å²) in [6.07, 6.45) is 2.48. The minimum absolute atomic E-state index is 0.00191. The van der Waals surface area contributed by atoms with Crippen molar-refractivity contribution in [1.82, 2.24) is 5.32 Å². The van der Waals surface area contributed by atoms with Crippen LogP contribution in [-0.4, -0.2) is 30.6 Å². The third-order valence-corrected chi connectivity index (χ3v) is 6.84. The van der Waals surface area contributed by atoms with Crippen molar-refractivity contribution in [3.8, 4) is 11.5 Å². The number of hydrogen-bond donors (Lipinski definition) is 2. The second-order valence-electron chi connectivity index (χ2n) is 7.69. The van der Waals surface area contributed by atoms with Gasteiger partial charge in [-0.3, -0.25) is 4.79 Å². The van der Waals surface area contributed by atoms with E-state index in [2.05, 4.69) is 11.4 Å². The molecular weight excluding hydrogens is 414 g/mol. The van der Waals surface area contributed by atoms with E-state index in [4.69, 9.17) is 9.47 Å². The van der Waals surface area contributed by atoms with E-state index in [0.717, 1.165) is 16.1 Å². The first-order valence-electron chi connectivity index (χ1n) is 10.2. The summed E-state index contributed by atoms with van der Waals surface area (Å²) in [5, 5.41) is 15.4. The van der Waals surface area contributed by atoms with Gasteiger partial charge in [0.15, 0.2) is 11.5 Å². The van der Waals surface area contributed by atoms with Crippen molar-refractivity contribution in [2.24, 2.45) is 5.92 Å². The van der Waals surface area contributed by atoms with Gasteiger partial charge in [-0.25, -0.2) is 4.79 Å². The van der Waals surface area contributed by atoms with Crippen LogP contribution in [0, 0.1) is 5.92 Å². The van der Waals surface area contributed by atoms with Crippen LogP contribution in [0.5, 0.6) is 11.5 Å². The van der Waals surface area contributed by atoms with E-state index in [-0.39, 0.29) is 24.1 Å². The van der Waals surface area contributed by atoms with Crippen molar-refractivity contribution in [2.45, 2.75) is 32.1 Å². The van der Waals surface area contributed by atoms with Crippen LogP contribution in [0.15, 0.2) is 58.8 Å². The Morgan fingerprint density at radius 2 is 2.10 bits per heavy atom. The van der Waals surface area contributed by atoms with E-state index >= 15 is 0 Å². The van der Waals surface area contributed by atoms with E-state index in [1.165, 1.54) is 13.2 Å². The van der Waals surface area contributed by atoms with Gasteiger partial charge < -0.3 is 19.9 Å². The van der Waals surface area contributed by atoms with Crippen molar-refractivity contribution in [1.29, 1.82) is 0 Å². The number of carbonyl (C=O) groups is 2. The molecule has 0 saturated heterocycles. The Morgan fingerprint density at radius 1 is 1.29 bits per heavy atom. The van der Waals surface area contributed by atoms with Gasteiger partial charge in [0.1, 0.15) is 5.78 Å². The van der Waals surface area contributed by atoms with Crippen molar-refractivity contribution in [3.05, 3.63) is 69.2 Å². The molecule has 2 aromatic rings. The number of aromatic hydroxyl groups is 1. The normalized spacial score (nSPS) is 23.0. The number of benzene rings is 1. The molecule has 2 N–H and O–H groups in total. The van der Waals surface area contributed by atoms with Gasteiger partial charge in [0, 0.05) is 34.5 Å². The summed E-state index contributed by atoms with van der Waals surface area (Å²) in [6.45, 7) is 3.82. The van der Waals surface area contributed by atoms with Crippen LogP contribution >= 0.6 is 11.3 Å². The highest BCUT2D eigenvalue weighted by Crippen LogP contribution is 2.47. The Kier molecular flexibility index (Phi) is 5.87. The zero-order chi connectivity index (χ0) is 22.1. The van der Waals surface area contributed by atoms with E-state index in [1.54, 1.807) is 30.4 Å². The molecule has 7 heteroatoms. The predicted octanol–water partition coefficient (Wildman–Crippen LogP) is 4.24. The fraction of sp³-hybridized carbons (Fsp3) is 0.333. The van der Waals surface area contributed by atoms with Gasteiger partial charge >= 0.3 is 5.97 Å². The number of hydrogen-bond acceptors (Lipinski definition) is 7. The quantitative estimate of drug-likeness (QED) is 0.678. The first-order valence-corrected chi connectivity index (χ1v) is 11.1. The topological polar surface area (TPSA) is 84.9 Å². The molecule has 3 unspecified atom stereocenters. The Morgan fingerprint density at radius 3 is 2.77 bits per heavy atom. The molecule has 162 valence electrons. The van der Waals surface area contributed by atoms with Crippen LogP contribution in [0.1, 0.15) is 42.5 Å². The molecule has 1 aromatic carbocycles. The largest absolute Gasteiger partial charge is 0.504 e. The van der Waals surface area contributed by atoms with Crippen molar-refractivity contribution < 1.29 is 24.2 Å². The predicted molar refractivity (Wildman–Crippen MR) is 118 cm³/mol. The summed E-state index contributed by atoms with van der Waals surface area (Å²) in [5.41, 5.74) is 2.62. The summed E-state index contributed by atoms with van der Waals surface area (Å²) in [6, 6.07) is 8.97. The third-order valence-electron chi connectivity index (χ3n) is 5.83. The Balaban J connectivity index is 1.86. The van der Waals surface area contributed by atoms with Crippen molar-refractivity contribution in [3.63, 3.8) is 0 Å². The van der Waals surface area contributed by atoms with Crippen LogP contribution in [0.2, 0.25) is 0 Å². The molecule has 1 aliphatic heterocycles. The number of carbonyl (C=O) groups excluding carboxylic acids is 2. The van der Waals surface area contributed by atoms with Crippen LogP contribution in [0.3, 0.4) is 0 Å². The number of fused-ring (bicyclic) bond motifs is 1. The highest BCUT2D eigenvalue weighted by Gasteiger charge is 2.45. The number of phenols is 1. The summed E-state index contributed by atoms with van der Waals surface area (Å²) in [5.74, 6) is -1.14. The molecule has 4 rings (SSSR count). The average Bonchev–Trinajstić information content (AvgIpc) is 3.28. The molecule has 0 fully saturated rings. The highest BCUT2D eigenvalue weighted by molar-refractivity contribution is 7.10. The maximum atomic E-state index is 13.4. The molecular formula is C24H25NO5S. The molecule has 1 aromatic heterocycles. The molecule has 31 heavy (non-hydrogen) atoms. The van der Waals surface area contributed by atoms with Gasteiger partial charge in [-0.05, 0) is 43.0 Å². The summed E-state index contributed by atoms with van der Waals surface area (Å²) < 4.78 is 10.6. The monoisotopic (exact) mass is 439 g/mol. The van der Waals surface area contributed by atoms with Crippen molar-refractivity contribution in [2.75, 3.05) is 13.7 Å². The fourth-order valence-corrected chi connectivity index (χ4v) is 5.28. The minimum atomic E-state index is -0.534. The van der Waals surface area contributed by atoms with E-state index in [0.29, 0.717) is 23.4 Å². The van der Waals surface area contributed by atoms with E-state index < -0.39 is 17.8 Å². The molecule has 0 amide bonds. The van der Waals surface area contributed by atoms with Crippen LogP contribution in [0.25, 0.3) is 0 Å². The number of esters is 1. The lowest BCUT2D eigenvalue weighted by molar-refractivity contribution is -0.139. The Labute approximate surface area is 185 Å². The zero-order valence-electron chi connectivity index (χ0n) is 17.7. The summed E-state index contributed by atoms with van der Waals surface area (Å²) in [4.78, 5) is 27.5. The highest BCUT2D eigenvalue weighted by atomic mass is 32.1. The number of ether oxygens (including phenoxy) is 2. The molecule has 6 nitrogen and oxygen atoms in total. The molecule has 1 aliphatic carbocycles. The summed E-state index contributed by atoms with van der Waals surface area (Å²) >= 11 is 1.63. The van der Waals surface area contributed by atoms with Gasteiger partial charge in [0.25, 0.3) is 0 Å². The average molecular weight is 440 g/mol. The molecule has 0 bridgehead atoms. The number of methoxy groups -OCH3 is 1. The lowest BCUT2D eigenvalue weighted by Gasteiger charge is -2.39. The molecule has 3 atom stereocenters. The zero-order valence-corrected chi connectivity index (χ0v) is 18.5. The van der Waals surface area contributed by atoms with Gasteiger partial charge in [-0.2, -0.15) is 0 Å². The fourth-order valence-electron chi connectivity index (χ4n) is 4.49. The number of thiophene rings is 1. The third kappa shape index (κ3) is 3.85. The first kappa shape index (κ1) is 21.2. The molecule has 0 spiro atoms. The van der Waals surface area contributed by atoms with Gasteiger partial charge in [0.05, 0.1) is 25.2 Å². The number of nitrogens with one attached hydrogen (secondary N) is 1. The number of allylic oxidation sites excluding steroid dienone is 3. The van der Waals surface area contributed by atoms with Gasteiger partial charge in [-0.1, -0.05) is 18.2 Å². The standard InChI is InChI=1S/C24H25NO5S/c1-4-30-24(28)21-13(2)25-16-10-15(20-6-5-9-31-20)11-18(27)23(16)22(21)14-7-8-17(26)19(12-14)29-3/h5-10,12,15,22-23,25-26H,4,11H2,1-3H3. The molecule has 0 saturated carbocycles. The number of rotatable bonds is 5. The Bertz CT molecular complexity index is 1070. The lowest BCUT2D eigenvalue weighted by atomic mass is 9.69. The van der Waals surface area contributed by atoms with E-state index in [1.807, 2.05) is 24.4 Å². The van der Waals surface area contributed by atoms with Gasteiger partial charge in [-0.15, -0.1) is 11.3 Å². The molecule has 2 aliphatic rings. The molecule has 2 heterocycles. The second-order valence-corrected chi connectivity index (χ2v) is 8.66. The second kappa shape index (κ2) is 8.59. The SMILES string of the molecule is CCOC(=O)C1=C(C)NC2=CC(c3cccs3)CC(=O)C2C1c1ccc(O)c(OC)c1. The minimum Gasteiger partial charge on any atom is -0.504 e. The van der Waals surface area contributed by atoms with Crippen molar-refractivity contribution >= 4 is 23.1 Å². The number of Topliss-reactive ketones (excluding diaryl/α,β-unsaturated/α-hetero) is 1. The maximum absolute atomic E-state index is 13.4. The van der Waals surface area contributed by atoms with Crippen LogP contribution < -0.4 is 10.1 Å². The summed E-state index contributed by atoms with van der Waals surface area (Å²) in [7, 11) is 1.47. The van der Waals surface area contributed by atoms with Crippen LogP contribution in [-0.2, 0) is 14.3 Å². The van der Waals surface area contributed by atoms with Crippen LogP contribution in [0.4, 0.5) is 0 Å². The maximum Gasteiger partial charge on any atom is 0.336 e.